The lowest BCUT2D eigenvalue weighted by molar-refractivity contribution is -0.252. The van der Waals surface area contributed by atoms with E-state index in [-0.39, 0.29) is 0 Å². The number of hydrogen-bond acceptors (Lipinski definition) is 2. The molecule has 0 spiro atoms. The van der Waals surface area contributed by atoms with Gasteiger partial charge in [-0.05, 0) is 6.92 Å². The first-order valence-electron chi connectivity index (χ1n) is 4.78. The van der Waals surface area contributed by atoms with Crippen molar-refractivity contribution in [2.75, 3.05) is 17.6 Å². The molecule has 0 amide bonds. The minimum Gasteiger partial charge on any atom is -0.381 e. The average Bonchev–Trinajstić information content (AvgIpc) is 2.18. The van der Waals surface area contributed by atoms with E-state index in [0.29, 0.717) is 30.5 Å². The van der Waals surface area contributed by atoms with Crippen molar-refractivity contribution < 1.29 is 22.6 Å². The van der Waals surface area contributed by atoms with Gasteiger partial charge >= 0.3 is 6.18 Å². The number of halogens is 4. The Morgan fingerprint density at radius 2 is 1.93 bits per heavy atom. The van der Waals surface area contributed by atoms with Crippen LogP contribution in [0.4, 0.5) is 13.2 Å². The summed E-state index contributed by atoms with van der Waals surface area (Å²) >= 11 is 2.07. The summed E-state index contributed by atoms with van der Waals surface area (Å²) in [6, 6.07) is 0. The van der Waals surface area contributed by atoms with Gasteiger partial charge in [0.1, 0.15) is 0 Å². The third-order valence-electron chi connectivity index (χ3n) is 2.54. The Hall–Kier alpha value is 0.440. The second kappa shape index (κ2) is 5.18. The first-order valence-corrected chi connectivity index (χ1v) is 6.30. The smallest absolute Gasteiger partial charge is 0.381 e. The molecule has 15 heavy (non-hydrogen) atoms. The first-order chi connectivity index (χ1) is 6.90. The van der Waals surface area contributed by atoms with Crippen molar-refractivity contribution in [2.24, 2.45) is 0 Å². The van der Waals surface area contributed by atoms with Gasteiger partial charge in [-0.15, -0.1) is 0 Å². The quantitative estimate of drug-likeness (QED) is 0.582. The molecule has 1 rings (SSSR count). The van der Waals surface area contributed by atoms with Crippen LogP contribution in [0.25, 0.3) is 0 Å². The monoisotopic (exact) mass is 338 g/mol. The highest BCUT2D eigenvalue weighted by Crippen LogP contribution is 2.33. The summed E-state index contributed by atoms with van der Waals surface area (Å²) in [5, 5.41) is 0. The van der Waals surface area contributed by atoms with Crippen LogP contribution >= 0.6 is 22.6 Å². The topological polar surface area (TPSA) is 18.5 Å². The summed E-state index contributed by atoms with van der Waals surface area (Å²) in [4.78, 5) is 0. The van der Waals surface area contributed by atoms with Crippen molar-refractivity contribution in [1.29, 1.82) is 0 Å². The molecule has 1 aliphatic heterocycles. The van der Waals surface area contributed by atoms with Crippen LogP contribution in [0.15, 0.2) is 0 Å². The van der Waals surface area contributed by atoms with Crippen LogP contribution < -0.4 is 0 Å². The predicted molar refractivity (Wildman–Crippen MR) is 58.3 cm³/mol. The van der Waals surface area contributed by atoms with Crippen molar-refractivity contribution in [3.8, 4) is 0 Å². The zero-order chi connectivity index (χ0) is 11.5. The van der Waals surface area contributed by atoms with E-state index in [1.165, 1.54) is 0 Å². The normalized spacial score (nSPS) is 23.8. The summed E-state index contributed by atoms with van der Waals surface area (Å²) in [6.45, 7) is 2.02. The largest absolute Gasteiger partial charge is 0.414 e. The summed E-state index contributed by atoms with van der Waals surface area (Å²) in [5.41, 5.74) is -0.659. The molecule has 2 nitrogen and oxygen atoms in total. The van der Waals surface area contributed by atoms with Crippen molar-refractivity contribution in [1.82, 2.24) is 0 Å². The van der Waals surface area contributed by atoms with Gasteiger partial charge in [0.15, 0.2) is 6.10 Å². The van der Waals surface area contributed by atoms with Gasteiger partial charge in [0.25, 0.3) is 0 Å². The van der Waals surface area contributed by atoms with E-state index < -0.39 is 17.9 Å². The molecule has 0 aliphatic carbocycles. The lowest BCUT2D eigenvalue weighted by atomic mass is 9.96. The van der Waals surface area contributed by atoms with Crippen LogP contribution in [-0.4, -0.2) is 35.5 Å². The molecule has 1 atom stereocenters. The third-order valence-corrected chi connectivity index (χ3v) is 3.93. The summed E-state index contributed by atoms with van der Waals surface area (Å²) in [5.74, 6) is 0. The minimum atomic E-state index is -4.28. The van der Waals surface area contributed by atoms with Crippen LogP contribution in [0.3, 0.4) is 0 Å². The molecule has 1 saturated heterocycles. The maximum atomic E-state index is 12.4. The van der Waals surface area contributed by atoms with Crippen molar-refractivity contribution in [3.63, 3.8) is 0 Å². The van der Waals surface area contributed by atoms with Gasteiger partial charge < -0.3 is 9.47 Å². The molecule has 1 aliphatic rings. The average molecular weight is 338 g/mol. The number of ether oxygens (including phenoxy) is 2. The molecule has 0 radical (unpaired) electrons. The van der Waals surface area contributed by atoms with E-state index in [2.05, 4.69) is 22.6 Å². The third kappa shape index (κ3) is 3.74. The van der Waals surface area contributed by atoms with Crippen molar-refractivity contribution in [2.45, 2.75) is 37.6 Å². The zero-order valence-electron chi connectivity index (χ0n) is 8.44. The summed E-state index contributed by atoms with van der Waals surface area (Å²) in [6.07, 6.45) is -4.91. The molecule has 0 aromatic carbocycles. The fraction of sp³-hybridized carbons (Fsp3) is 1.00. The standard InChI is InChI=1S/C9H14F3IO2/c1-7(9(10,11)12)15-8(6-13)2-4-14-5-3-8/h7H,2-6H2,1H3. The molecule has 0 bridgehead atoms. The van der Waals surface area contributed by atoms with Gasteiger partial charge in [-0.25, -0.2) is 0 Å². The second-order valence-electron chi connectivity index (χ2n) is 3.73. The molecule has 0 saturated carbocycles. The fourth-order valence-electron chi connectivity index (χ4n) is 1.47. The molecular weight excluding hydrogens is 324 g/mol. The van der Waals surface area contributed by atoms with Crippen LogP contribution in [0.5, 0.6) is 0 Å². The summed E-state index contributed by atoms with van der Waals surface area (Å²) in [7, 11) is 0. The Bertz CT molecular complexity index is 202. The van der Waals surface area contributed by atoms with E-state index in [9.17, 15) is 13.2 Å². The molecule has 0 N–H and O–H groups in total. The van der Waals surface area contributed by atoms with Crippen LogP contribution in [0.2, 0.25) is 0 Å². The van der Waals surface area contributed by atoms with E-state index >= 15 is 0 Å². The molecule has 0 aromatic rings. The first kappa shape index (κ1) is 13.5. The fourth-order valence-corrected chi connectivity index (χ4v) is 2.41. The molecule has 90 valence electrons. The predicted octanol–water partition coefficient (Wildman–Crippen LogP) is 2.94. The van der Waals surface area contributed by atoms with Gasteiger partial charge in [-0.1, -0.05) is 22.6 Å². The van der Waals surface area contributed by atoms with Crippen LogP contribution in [0, 0.1) is 0 Å². The minimum absolute atomic E-state index is 0.480. The van der Waals surface area contributed by atoms with Gasteiger partial charge in [0, 0.05) is 30.5 Å². The zero-order valence-corrected chi connectivity index (χ0v) is 10.6. The van der Waals surface area contributed by atoms with Gasteiger partial charge in [0.05, 0.1) is 5.60 Å². The molecule has 1 heterocycles. The SMILES string of the molecule is CC(OC1(CI)CCOCC1)C(F)(F)F. The maximum absolute atomic E-state index is 12.4. The highest BCUT2D eigenvalue weighted by atomic mass is 127. The number of alkyl halides is 4. The molecule has 0 aromatic heterocycles. The van der Waals surface area contributed by atoms with E-state index in [1.54, 1.807) is 0 Å². The Morgan fingerprint density at radius 1 is 1.40 bits per heavy atom. The Kier molecular flexibility index (Phi) is 4.66. The number of hydrogen-bond donors (Lipinski definition) is 0. The second-order valence-corrected chi connectivity index (χ2v) is 4.49. The van der Waals surface area contributed by atoms with Gasteiger partial charge in [-0.2, -0.15) is 13.2 Å². The maximum Gasteiger partial charge on any atom is 0.414 e. The number of rotatable bonds is 3. The van der Waals surface area contributed by atoms with Crippen molar-refractivity contribution in [3.05, 3.63) is 0 Å². The van der Waals surface area contributed by atoms with E-state index in [4.69, 9.17) is 9.47 Å². The van der Waals surface area contributed by atoms with E-state index in [0.717, 1.165) is 6.92 Å². The lowest BCUT2D eigenvalue weighted by Gasteiger charge is -2.38. The van der Waals surface area contributed by atoms with Gasteiger partial charge in [0.2, 0.25) is 0 Å². The highest BCUT2D eigenvalue weighted by molar-refractivity contribution is 14.1. The molecule has 6 heteroatoms. The van der Waals surface area contributed by atoms with Crippen LogP contribution in [-0.2, 0) is 9.47 Å². The van der Waals surface area contributed by atoms with Crippen molar-refractivity contribution >= 4 is 22.6 Å². The Morgan fingerprint density at radius 3 is 2.33 bits per heavy atom. The Labute approximate surface area is 101 Å². The van der Waals surface area contributed by atoms with Crippen LogP contribution in [0.1, 0.15) is 19.8 Å². The van der Waals surface area contributed by atoms with Gasteiger partial charge in [-0.3, -0.25) is 0 Å². The summed E-state index contributed by atoms with van der Waals surface area (Å²) < 4.78 is 47.9. The molecular formula is C9H14F3IO2. The highest BCUT2D eigenvalue weighted by Gasteiger charge is 2.43. The lowest BCUT2D eigenvalue weighted by Crippen LogP contribution is -2.46. The Balaban J connectivity index is 2.59. The molecule has 1 fully saturated rings. The molecule has 1 unspecified atom stereocenters. The van der Waals surface area contributed by atoms with E-state index in [1.807, 2.05) is 0 Å².